The van der Waals surface area contributed by atoms with E-state index in [0.717, 1.165) is 28.8 Å². The van der Waals surface area contributed by atoms with Gasteiger partial charge in [-0.3, -0.25) is 9.59 Å². The summed E-state index contributed by atoms with van der Waals surface area (Å²) in [6, 6.07) is 11.5. The van der Waals surface area contributed by atoms with Crippen molar-refractivity contribution in [2.45, 2.75) is 27.2 Å². The molecule has 118 valence electrons. The molecule has 1 aliphatic rings. The lowest BCUT2D eigenvalue weighted by Gasteiger charge is -2.19. The lowest BCUT2D eigenvalue weighted by atomic mass is 10.0. The molecular formula is C19H20N2O2. The van der Waals surface area contributed by atoms with Gasteiger partial charge in [0.25, 0.3) is 5.91 Å². The fraction of sp³-hybridized carbons (Fsp3) is 0.263. The van der Waals surface area contributed by atoms with Crippen molar-refractivity contribution in [2.24, 2.45) is 0 Å². The quantitative estimate of drug-likeness (QED) is 0.923. The summed E-state index contributed by atoms with van der Waals surface area (Å²) in [5, 5.41) is 2.97. The third kappa shape index (κ3) is 2.84. The van der Waals surface area contributed by atoms with Crippen molar-refractivity contribution in [1.82, 2.24) is 0 Å². The molecule has 0 fully saturated rings. The van der Waals surface area contributed by atoms with Crippen LogP contribution in [-0.2, 0) is 11.2 Å². The highest BCUT2D eigenvalue weighted by Gasteiger charge is 2.26. The molecule has 2 amide bonds. The molecule has 0 radical (unpaired) electrons. The Hall–Kier alpha value is -2.62. The lowest BCUT2D eigenvalue weighted by molar-refractivity contribution is -0.116. The van der Waals surface area contributed by atoms with E-state index in [-0.39, 0.29) is 11.8 Å². The van der Waals surface area contributed by atoms with E-state index in [1.807, 2.05) is 50.2 Å². The van der Waals surface area contributed by atoms with Crippen molar-refractivity contribution >= 4 is 23.2 Å². The van der Waals surface area contributed by atoms with Gasteiger partial charge in [0.2, 0.25) is 5.91 Å². The van der Waals surface area contributed by atoms with Crippen LogP contribution in [0.4, 0.5) is 11.4 Å². The summed E-state index contributed by atoms with van der Waals surface area (Å²) in [7, 11) is 0. The summed E-state index contributed by atoms with van der Waals surface area (Å²) in [6.07, 6.45) is 0.822. The summed E-state index contributed by atoms with van der Waals surface area (Å²) < 4.78 is 0. The van der Waals surface area contributed by atoms with E-state index in [1.165, 1.54) is 0 Å². The molecule has 0 saturated heterocycles. The minimum Gasteiger partial charge on any atom is -0.320 e. The van der Waals surface area contributed by atoms with E-state index >= 15 is 0 Å². The molecule has 2 aromatic carbocycles. The number of hydrogen-bond donors (Lipinski definition) is 1. The highest BCUT2D eigenvalue weighted by molar-refractivity contribution is 6.09. The van der Waals surface area contributed by atoms with Crippen LogP contribution in [0.2, 0.25) is 0 Å². The second-order valence-corrected chi connectivity index (χ2v) is 6.01. The lowest BCUT2D eigenvalue weighted by Crippen LogP contribution is -2.27. The van der Waals surface area contributed by atoms with E-state index in [2.05, 4.69) is 5.32 Å². The zero-order valence-corrected chi connectivity index (χ0v) is 13.6. The monoisotopic (exact) mass is 308 g/mol. The number of rotatable bonds is 2. The van der Waals surface area contributed by atoms with Gasteiger partial charge in [-0.1, -0.05) is 29.8 Å². The van der Waals surface area contributed by atoms with Crippen molar-refractivity contribution in [3.8, 4) is 0 Å². The standard InChI is InChI=1S/C19H20N2O2/c1-12-7-8-16(13(2)11-12)19(23)20-17-6-4-5-15-9-10-21(14(3)22)18(15)17/h4-8,11H,9-10H2,1-3H3,(H,20,23). The van der Waals surface area contributed by atoms with Crippen molar-refractivity contribution in [3.63, 3.8) is 0 Å². The summed E-state index contributed by atoms with van der Waals surface area (Å²) in [6.45, 7) is 6.15. The Morgan fingerprint density at radius 2 is 1.91 bits per heavy atom. The van der Waals surface area contributed by atoms with Gasteiger partial charge in [-0.15, -0.1) is 0 Å². The molecule has 0 unspecified atom stereocenters. The Labute approximate surface area is 136 Å². The van der Waals surface area contributed by atoms with Gasteiger partial charge in [-0.05, 0) is 43.5 Å². The maximum atomic E-state index is 12.6. The summed E-state index contributed by atoms with van der Waals surface area (Å²) in [4.78, 5) is 26.2. The van der Waals surface area contributed by atoms with Gasteiger partial charge in [0.05, 0.1) is 11.4 Å². The van der Waals surface area contributed by atoms with Gasteiger partial charge in [0.15, 0.2) is 0 Å². The molecular weight excluding hydrogens is 288 g/mol. The maximum Gasteiger partial charge on any atom is 0.255 e. The Morgan fingerprint density at radius 3 is 2.61 bits per heavy atom. The Bertz CT molecular complexity index is 796. The minimum atomic E-state index is -0.147. The zero-order chi connectivity index (χ0) is 16.6. The van der Waals surface area contributed by atoms with Crippen LogP contribution < -0.4 is 10.2 Å². The average Bonchev–Trinajstić information content (AvgIpc) is 2.92. The smallest absolute Gasteiger partial charge is 0.255 e. The van der Waals surface area contributed by atoms with Crippen LogP contribution in [-0.4, -0.2) is 18.4 Å². The predicted molar refractivity (Wildman–Crippen MR) is 92.0 cm³/mol. The molecule has 3 rings (SSSR count). The number of anilines is 2. The van der Waals surface area contributed by atoms with E-state index in [4.69, 9.17) is 0 Å². The number of carbonyl (C=O) groups is 2. The number of aryl methyl sites for hydroxylation is 2. The van der Waals surface area contributed by atoms with Crippen molar-refractivity contribution in [3.05, 3.63) is 58.7 Å². The van der Waals surface area contributed by atoms with Crippen LogP contribution in [0.25, 0.3) is 0 Å². The molecule has 1 heterocycles. The van der Waals surface area contributed by atoms with Crippen LogP contribution in [0.3, 0.4) is 0 Å². The highest BCUT2D eigenvalue weighted by Crippen LogP contribution is 2.35. The summed E-state index contributed by atoms with van der Waals surface area (Å²) in [5.74, 6) is -0.150. The zero-order valence-electron chi connectivity index (χ0n) is 13.6. The van der Waals surface area contributed by atoms with Crippen LogP contribution in [0, 0.1) is 13.8 Å². The Balaban J connectivity index is 1.94. The van der Waals surface area contributed by atoms with Gasteiger partial charge in [-0.2, -0.15) is 0 Å². The van der Waals surface area contributed by atoms with E-state index in [0.29, 0.717) is 17.8 Å². The SMILES string of the molecule is CC(=O)N1CCc2cccc(NC(=O)c3ccc(C)cc3C)c21. The maximum absolute atomic E-state index is 12.6. The topological polar surface area (TPSA) is 49.4 Å². The van der Waals surface area contributed by atoms with Crippen molar-refractivity contribution < 1.29 is 9.59 Å². The van der Waals surface area contributed by atoms with E-state index in [1.54, 1.807) is 11.8 Å². The number of hydrogen-bond acceptors (Lipinski definition) is 2. The van der Waals surface area contributed by atoms with E-state index in [9.17, 15) is 9.59 Å². The van der Waals surface area contributed by atoms with Crippen LogP contribution >= 0.6 is 0 Å². The number of para-hydroxylation sites is 1. The van der Waals surface area contributed by atoms with Crippen LogP contribution in [0.5, 0.6) is 0 Å². The average molecular weight is 308 g/mol. The summed E-state index contributed by atoms with van der Waals surface area (Å²) in [5.41, 5.74) is 5.35. The molecule has 0 aliphatic carbocycles. The van der Waals surface area contributed by atoms with Crippen LogP contribution in [0.1, 0.15) is 34.0 Å². The van der Waals surface area contributed by atoms with Crippen molar-refractivity contribution in [1.29, 1.82) is 0 Å². The molecule has 0 bridgehead atoms. The first-order valence-corrected chi connectivity index (χ1v) is 7.76. The first kappa shape index (κ1) is 15.3. The molecule has 2 aromatic rings. The third-order valence-electron chi connectivity index (χ3n) is 4.25. The molecule has 4 nitrogen and oxygen atoms in total. The number of benzene rings is 2. The molecule has 0 saturated carbocycles. The Morgan fingerprint density at radius 1 is 1.13 bits per heavy atom. The van der Waals surface area contributed by atoms with Gasteiger partial charge in [0.1, 0.15) is 0 Å². The largest absolute Gasteiger partial charge is 0.320 e. The second-order valence-electron chi connectivity index (χ2n) is 6.01. The first-order chi connectivity index (χ1) is 11.0. The molecule has 4 heteroatoms. The number of carbonyl (C=O) groups excluding carboxylic acids is 2. The highest BCUT2D eigenvalue weighted by atomic mass is 16.2. The Kier molecular flexibility index (Phi) is 3.90. The number of nitrogens with one attached hydrogen (secondary N) is 1. The number of nitrogens with zero attached hydrogens (tertiary/aromatic N) is 1. The fourth-order valence-electron chi connectivity index (χ4n) is 3.13. The normalized spacial score (nSPS) is 12.9. The predicted octanol–water partition coefficient (Wildman–Crippen LogP) is 3.46. The molecule has 1 N–H and O–H groups in total. The summed E-state index contributed by atoms with van der Waals surface area (Å²) >= 11 is 0. The first-order valence-electron chi connectivity index (χ1n) is 7.76. The van der Waals surface area contributed by atoms with Gasteiger partial charge in [0, 0.05) is 19.0 Å². The van der Waals surface area contributed by atoms with E-state index < -0.39 is 0 Å². The van der Waals surface area contributed by atoms with Gasteiger partial charge >= 0.3 is 0 Å². The molecule has 1 aliphatic heterocycles. The van der Waals surface area contributed by atoms with Gasteiger partial charge < -0.3 is 10.2 Å². The third-order valence-corrected chi connectivity index (χ3v) is 4.25. The van der Waals surface area contributed by atoms with Crippen LogP contribution in [0.15, 0.2) is 36.4 Å². The minimum absolute atomic E-state index is 0.00281. The number of amides is 2. The number of fused-ring (bicyclic) bond motifs is 1. The molecule has 23 heavy (non-hydrogen) atoms. The fourth-order valence-corrected chi connectivity index (χ4v) is 3.13. The second kappa shape index (κ2) is 5.88. The van der Waals surface area contributed by atoms with Gasteiger partial charge in [-0.25, -0.2) is 0 Å². The van der Waals surface area contributed by atoms with Crippen molar-refractivity contribution in [2.75, 3.05) is 16.8 Å². The molecule has 0 spiro atoms. The molecule has 0 aromatic heterocycles. The molecule has 0 atom stereocenters.